The molecular weight excluding hydrogens is 498 g/mol. The van der Waals surface area contributed by atoms with Gasteiger partial charge in [0, 0.05) is 31.7 Å². The molecule has 0 saturated carbocycles. The SMILES string of the molecule is COc1cccc(C(=O)N2CCN(C(=O)[C@H](NC(=O)c3ccco3)S(=O)(=O)c3ccc(C)cc3)CC2)c1. The summed E-state index contributed by atoms with van der Waals surface area (Å²) in [4.78, 5) is 41.9. The van der Waals surface area contributed by atoms with Crippen molar-refractivity contribution in [3.63, 3.8) is 0 Å². The highest BCUT2D eigenvalue weighted by atomic mass is 32.2. The largest absolute Gasteiger partial charge is 0.497 e. The normalized spacial score (nSPS) is 14.6. The molecule has 0 radical (unpaired) electrons. The second kappa shape index (κ2) is 10.9. The summed E-state index contributed by atoms with van der Waals surface area (Å²) >= 11 is 0. The van der Waals surface area contributed by atoms with Crippen molar-refractivity contribution < 1.29 is 32.0 Å². The van der Waals surface area contributed by atoms with Crippen molar-refractivity contribution in [1.82, 2.24) is 15.1 Å². The zero-order valence-corrected chi connectivity index (χ0v) is 21.2. The molecule has 11 heteroatoms. The minimum absolute atomic E-state index is 0.0944. The quantitative estimate of drug-likeness (QED) is 0.501. The number of rotatable bonds is 7. The van der Waals surface area contributed by atoms with E-state index in [9.17, 15) is 22.8 Å². The smallest absolute Gasteiger partial charge is 0.288 e. The van der Waals surface area contributed by atoms with Crippen molar-refractivity contribution in [2.24, 2.45) is 0 Å². The van der Waals surface area contributed by atoms with Gasteiger partial charge in [-0.15, -0.1) is 0 Å². The van der Waals surface area contributed by atoms with E-state index in [1.165, 1.54) is 42.5 Å². The molecule has 10 nitrogen and oxygen atoms in total. The summed E-state index contributed by atoms with van der Waals surface area (Å²) in [5.41, 5.74) is 1.29. The maximum Gasteiger partial charge on any atom is 0.288 e. The molecule has 0 spiro atoms. The highest BCUT2D eigenvalue weighted by Crippen LogP contribution is 2.20. The molecule has 1 saturated heterocycles. The fraction of sp³-hybridized carbons (Fsp3) is 0.269. The molecule has 1 fully saturated rings. The summed E-state index contributed by atoms with van der Waals surface area (Å²) in [5, 5.41) is 0.469. The van der Waals surface area contributed by atoms with Crippen LogP contribution in [0, 0.1) is 6.92 Å². The molecule has 3 aromatic rings. The number of benzene rings is 2. The molecule has 4 rings (SSSR count). The van der Waals surface area contributed by atoms with Gasteiger partial charge in [-0.05, 0) is 49.4 Å². The Morgan fingerprint density at radius 2 is 1.62 bits per heavy atom. The van der Waals surface area contributed by atoms with E-state index in [1.807, 2.05) is 6.92 Å². The summed E-state index contributed by atoms with van der Waals surface area (Å²) in [6, 6.07) is 15.6. The summed E-state index contributed by atoms with van der Waals surface area (Å²) < 4.78 is 37.2. The van der Waals surface area contributed by atoms with E-state index < -0.39 is 27.0 Å². The molecule has 0 bridgehead atoms. The number of sulfone groups is 1. The van der Waals surface area contributed by atoms with Gasteiger partial charge in [-0.3, -0.25) is 14.4 Å². The van der Waals surface area contributed by atoms with E-state index in [2.05, 4.69) is 5.32 Å². The molecule has 37 heavy (non-hydrogen) atoms. The fourth-order valence-electron chi connectivity index (χ4n) is 3.97. The summed E-state index contributed by atoms with van der Waals surface area (Å²) in [6.07, 6.45) is 1.28. The number of carbonyl (C=O) groups is 3. The first-order valence-electron chi connectivity index (χ1n) is 11.6. The molecule has 194 valence electrons. The Kier molecular flexibility index (Phi) is 7.63. The van der Waals surface area contributed by atoms with Gasteiger partial charge in [0.2, 0.25) is 15.2 Å². The van der Waals surface area contributed by atoms with Crippen LogP contribution in [0.2, 0.25) is 0 Å². The van der Waals surface area contributed by atoms with Crippen molar-refractivity contribution in [3.05, 3.63) is 83.8 Å². The molecule has 1 N–H and O–H groups in total. The van der Waals surface area contributed by atoms with Crippen LogP contribution in [0.5, 0.6) is 5.75 Å². The van der Waals surface area contributed by atoms with E-state index in [1.54, 1.807) is 41.3 Å². The Hall–Kier alpha value is -4.12. The number of hydrogen-bond acceptors (Lipinski definition) is 7. The molecule has 1 aliphatic heterocycles. The Morgan fingerprint density at radius 3 is 2.24 bits per heavy atom. The second-order valence-electron chi connectivity index (χ2n) is 8.54. The number of ether oxygens (including phenoxy) is 1. The van der Waals surface area contributed by atoms with Crippen LogP contribution in [0.15, 0.2) is 76.2 Å². The van der Waals surface area contributed by atoms with Crippen LogP contribution in [0.4, 0.5) is 0 Å². The lowest BCUT2D eigenvalue weighted by molar-refractivity contribution is -0.132. The first kappa shape index (κ1) is 26.0. The van der Waals surface area contributed by atoms with Gasteiger partial charge >= 0.3 is 0 Å². The highest BCUT2D eigenvalue weighted by molar-refractivity contribution is 7.92. The predicted octanol–water partition coefficient (Wildman–Crippen LogP) is 2.11. The maximum absolute atomic E-state index is 13.5. The van der Waals surface area contributed by atoms with Crippen LogP contribution in [0.3, 0.4) is 0 Å². The van der Waals surface area contributed by atoms with Crippen LogP contribution in [0.1, 0.15) is 26.5 Å². The maximum atomic E-state index is 13.5. The van der Waals surface area contributed by atoms with Crippen LogP contribution in [0.25, 0.3) is 0 Å². The van der Waals surface area contributed by atoms with Gasteiger partial charge in [-0.25, -0.2) is 8.42 Å². The molecule has 1 aliphatic rings. The Balaban J connectivity index is 1.52. The molecular formula is C26H27N3O7S. The molecule has 0 aliphatic carbocycles. The fourth-order valence-corrected chi connectivity index (χ4v) is 5.43. The van der Waals surface area contributed by atoms with Crippen LogP contribution in [-0.2, 0) is 14.6 Å². The van der Waals surface area contributed by atoms with Gasteiger partial charge in [0.1, 0.15) is 5.75 Å². The summed E-state index contributed by atoms with van der Waals surface area (Å²) in [6.45, 7) is 2.41. The summed E-state index contributed by atoms with van der Waals surface area (Å²) in [5.74, 6) is -1.40. The molecule has 1 aromatic heterocycles. The van der Waals surface area contributed by atoms with Gasteiger partial charge in [-0.2, -0.15) is 0 Å². The monoisotopic (exact) mass is 525 g/mol. The highest BCUT2D eigenvalue weighted by Gasteiger charge is 2.40. The van der Waals surface area contributed by atoms with Gasteiger partial charge < -0.3 is 24.3 Å². The van der Waals surface area contributed by atoms with Crippen LogP contribution in [-0.4, -0.2) is 74.6 Å². The Bertz CT molecular complexity index is 1380. The van der Waals surface area contributed by atoms with Gasteiger partial charge in [0.25, 0.3) is 17.7 Å². The third-order valence-corrected chi connectivity index (χ3v) is 7.96. The van der Waals surface area contributed by atoms with Crippen molar-refractivity contribution >= 4 is 27.6 Å². The third-order valence-electron chi connectivity index (χ3n) is 6.09. The third kappa shape index (κ3) is 5.67. The zero-order valence-electron chi connectivity index (χ0n) is 20.4. The average molecular weight is 526 g/mol. The van der Waals surface area contributed by atoms with E-state index in [0.717, 1.165) is 5.56 Å². The first-order chi connectivity index (χ1) is 17.7. The van der Waals surface area contributed by atoms with Crippen molar-refractivity contribution in [2.45, 2.75) is 17.2 Å². The molecule has 1 atom stereocenters. The first-order valence-corrected chi connectivity index (χ1v) is 13.1. The number of hydrogen-bond donors (Lipinski definition) is 1. The Morgan fingerprint density at radius 1 is 0.946 bits per heavy atom. The number of carbonyl (C=O) groups excluding carboxylic acids is 3. The lowest BCUT2D eigenvalue weighted by Crippen LogP contribution is -2.57. The minimum Gasteiger partial charge on any atom is -0.497 e. The summed E-state index contributed by atoms with van der Waals surface area (Å²) in [7, 11) is -2.78. The lowest BCUT2D eigenvalue weighted by Gasteiger charge is -2.36. The number of methoxy groups -OCH3 is 1. The van der Waals surface area contributed by atoms with E-state index in [4.69, 9.17) is 9.15 Å². The van der Waals surface area contributed by atoms with Crippen molar-refractivity contribution in [2.75, 3.05) is 33.3 Å². The lowest BCUT2D eigenvalue weighted by atomic mass is 10.1. The molecule has 2 aromatic carbocycles. The van der Waals surface area contributed by atoms with Crippen LogP contribution < -0.4 is 10.1 Å². The average Bonchev–Trinajstić information content (AvgIpc) is 3.46. The van der Waals surface area contributed by atoms with E-state index in [0.29, 0.717) is 11.3 Å². The number of amides is 3. The van der Waals surface area contributed by atoms with Gasteiger partial charge in [0.05, 0.1) is 18.3 Å². The van der Waals surface area contributed by atoms with E-state index >= 15 is 0 Å². The minimum atomic E-state index is -4.29. The van der Waals surface area contributed by atoms with Crippen molar-refractivity contribution in [1.29, 1.82) is 0 Å². The molecule has 3 amide bonds. The van der Waals surface area contributed by atoms with E-state index in [-0.39, 0.29) is 42.7 Å². The predicted molar refractivity (Wildman–Crippen MR) is 134 cm³/mol. The number of aryl methyl sites for hydroxylation is 1. The number of nitrogens with one attached hydrogen (secondary N) is 1. The molecule has 2 heterocycles. The Labute approximate surface area is 214 Å². The van der Waals surface area contributed by atoms with Gasteiger partial charge in [-0.1, -0.05) is 23.8 Å². The standard InChI is InChI=1S/C26H27N3O7S/c1-18-8-10-21(11-9-18)37(33,34)24(27-23(30)22-7-4-16-36-22)26(32)29-14-12-28(13-15-29)25(31)19-5-3-6-20(17-19)35-2/h3-11,16-17,24H,12-15H2,1-2H3,(H,27,30)/t24-/m1/s1. The number of piperazine rings is 1. The van der Waals surface area contributed by atoms with Crippen LogP contribution >= 0.6 is 0 Å². The molecule has 0 unspecified atom stereocenters. The number of nitrogens with zero attached hydrogens (tertiary/aromatic N) is 2. The topological polar surface area (TPSA) is 126 Å². The number of furan rings is 1. The van der Waals surface area contributed by atoms with Crippen molar-refractivity contribution in [3.8, 4) is 5.75 Å². The second-order valence-corrected chi connectivity index (χ2v) is 10.6. The zero-order chi connectivity index (χ0) is 26.6. The van der Waals surface area contributed by atoms with Gasteiger partial charge in [0.15, 0.2) is 5.76 Å².